The van der Waals surface area contributed by atoms with Crippen LogP contribution >= 0.6 is 0 Å². The summed E-state index contributed by atoms with van der Waals surface area (Å²) in [4.78, 5) is 4.79. The molecule has 3 heteroatoms. The number of halogens is 1. The second-order valence-electron chi connectivity index (χ2n) is 13.5. The number of rotatable bonds is 4. The first-order chi connectivity index (χ1) is 21.8. The van der Waals surface area contributed by atoms with Crippen molar-refractivity contribution >= 4 is 39.7 Å². The van der Waals surface area contributed by atoms with E-state index in [9.17, 15) is 4.39 Å². The third-order valence-electron chi connectivity index (χ3n) is 10.2. The molecule has 0 bridgehead atoms. The maximum atomic E-state index is 14.2. The maximum absolute atomic E-state index is 14.2. The van der Waals surface area contributed by atoms with Gasteiger partial charge < -0.3 is 9.80 Å². The van der Waals surface area contributed by atoms with Crippen LogP contribution < -0.4 is 9.80 Å². The monoisotopic (exact) mass is 588 g/mol. The van der Waals surface area contributed by atoms with Crippen LogP contribution in [-0.2, 0) is 10.8 Å². The number of nitrogens with zero attached hydrogens (tertiary/aromatic N) is 2. The van der Waals surface area contributed by atoms with Crippen molar-refractivity contribution in [1.29, 1.82) is 0 Å². The first-order valence-corrected chi connectivity index (χ1v) is 16.0. The Kier molecular flexibility index (Phi) is 6.19. The lowest BCUT2D eigenvalue weighted by molar-refractivity contribution is 0.597. The smallest absolute Gasteiger partial charge is 0.123 e. The van der Waals surface area contributed by atoms with Gasteiger partial charge in [-0.3, -0.25) is 0 Å². The van der Waals surface area contributed by atoms with Gasteiger partial charge >= 0.3 is 0 Å². The van der Waals surface area contributed by atoms with Gasteiger partial charge in [0, 0.05) is 27.8 Å². The number of benzene rings is 5. The lowest BCUT2D eigenvalue weighted by Gasteiger charge is -2.49. The van der Waals surface area contributed by atoms with Crippen LogP contribution in [0.2, 0.25) is 0 Å². The fraction of sp³-hybridized carbons (Fsp3) is 0.190. The maximum Gasteiger partial charge on any atom is 0.123 e. The second kappa shape index (κ2) is 10.1. The molecule has 0 radical (unpaired) electrons. The molecule has 0 saturated heterocycles. The van der Waals surface area contributed by atoms with Crippen LogP contribution in [0.15, 0.2) is 127 Å². The Labute approximate surface area is 265 Å². The molecular formula is C42H37FN2. The molecule has 5 aromatic rings. The minimum atomic E-state index is -0.250. The van der Waals surface area contributed by atoms with Gasteiger partial charge in [0.1, 0.15) is 5.82 Å². The van der Waals surface area contributed by atoms with Crippen LogP contribution in [-0.4, -0.2) is 0 Å². The van der Waals surface area contributed by atoms with Crippen LogP contribution in [0.25, 0.3) is 5.57 Å². The van der Waals surface area contributed by atoms with Gasteiger partial charge in [-0.05, 0) is 95.3 Å². The topological polar surface area (TPSA) is 6.48 Å². The zero-order valence-corrected chi connectivity index (χ0v) is 26.3. The largest absolute Gasteiger partial charge is 0.310 e. The summed E-state index contributed by atoms with van der Waals surface area (Å²) in [6.07, 6.45) is 8.62. The van der Waals surface area contributed by atoms with Gasteiger partial charge in [-0.1, -0.05) is 101 Å². The van der Waals surface area contributed by atoms with Gasteiger partial charge in [-0.2, -0.15) is 0 Å². The Hall–Kier alpha value is -4.89. The highest BCUT2D eigenvalue weighted by Gasteiger charge is 2.45. The quantitative estimate of drug-likeness (QED) is 0.206. The van der Waals surface area contributed by atoms with E-state index >= 15 is 0 Å². The third-order valence-corrected chi connectivity index (χ3v) is 10.2. The fourth-order valence-corrected chi connectivity index (χ4v) is 7.79. The zero-order valence-electron chi connectivity index (χ0n) is 26.3. The molecule has 1 aliphatic carbocycles. The summed E-state index contributed by atoms with van der Waals surface area (Å²) in [5.74, 6) is -0.238. The average Bonchev–Trinajstić information content (AvgIpc) is 3.06. The molecule has 2 nitrogen and oxygen atoms in total. The average molecular weight is 589 g/mol. The van der Waals surface area contributed by atoms with Crippen molar-refractivity contribution in [3.63, 3.8) is 0 Å². The van der Waals surface area contributed by atoms with Crippen LogP contribution in [0.4, 0.5) is 38.5 Å². The number of hydrogen-bond acceptors (Lipinski definition) is 2. The fourth-order valence-electron chi connectivity index (χ4n) is 7.79. The molecule has 0 unspecified atom stereocenters. The molecule has 45 heavy (non-hydrogen) atoms. The third kappa shape index (κ3) is 4.14. The van der Waals surface area contributed by atoms with Gasteiger partial charge in [-0.15, -0.1) is 0 Å². The minimum Gasteiger partial charge on any atom is -0.310 e. The molecule has 0 N–H and O–H groups in total. The predicted octanol–water partition coefficient (Wildman–Crippen LogP) is 11.8. The van der Waals surface area contributed by atoms with Crippen molar-refractivity contribution in [2.75, 3.05) is 9.80 Å². The number of hydrogen-bond donors (Lipinski definition) is 0. The molecule has 222 valence electrons. The van der Waals surface area contributed by atoms with Crippen molar-refractivity contribution in [3.8, 4) is 0 Å². The summed E-state index contributed by atoms with van der Waals surface area (Å²) in [7, 11) is 0. The minimum absolute atomic E-state index is 0.113. The van der Waals surface area contributed by atoms with Gasteiger partial charge in [0.25, 0.3) is 0 Å². The van der Waals surface area contributed by atoms with Gasteiger partial charge in [0.15, 0.2) is 0 Å². The zero-order chi connectivity index (χ0) is 30.9. The Morgan fingerprint density at radius 1 is 0.644 bits per heavy atom. The highest BCUT2D eigenvalue weighted by Crippen LogP contribution is 2.60. The van der Waals surface area contributed by atoms with E-state index in [-0.39, 0.29) is 16.6 Å². The SMILES string of the molecule is CC1(C)c2ccccc2N2c3ccc(N(c4ccc(F)cc4)c4ccccc4C4=CC=CCC4)cc3C(C)(C)c3cccc1c32. The van der Waals surface area contributed by atoms with E-state index in [0.29, 0.717) is 0 Å². The molecule has 2 aliphatic heterocycles. The molecule has 0 spiro atoms. The summed E-state index contributed by atoms with van der Waals surface area (Å²) in [6.45, 7) is 9.40. The highest BCUT2D eigenvalue weighted by molar-refractivity contribution is 5.94. The lowest BCUT2D eigenvalue weighted by Crippen LogP contribution is -2.38. The van der Waals surface area contributed by atoms with E-state index in [1.165, 1.54) is 50.5 Å². The number of anilines is 6. The molecule has 0 saturated carbocycles. The van der Waals surface area contributed by atoms with Crippen LogP contribution in [0.1, 0.15) is 68.4 Å². The highest BCUT2D eigenvalue weighted by atomic mass is 19.1. The molecule has 2 heterocycles. The van der Waals surface area contributed by atoms with E-state index in [0.717, 1.165) is 29.9 Å². The summed E-state index contributed by atoms with van der Waals surface area (Å²) < 4.78 is 14.2. The van der Waals surface area contributed by atoms with Crippen molar-refractivity contribution < 1.29 is 4.39 Å². The molecule has 3 aliphatic rings. The van der Waals surface area contributed by atoms with Crippen LogP contribution in [0, 0.1) is 5.82 Å². The molecule has 0 amide bonds. The Morgan fingerprint density at radius 3 is 2.04 bits per heavy atom. The molecule has 0 aromatic heterocycles. The Morgan fingerprint density at radius 2 is 1.29 bits per heavy atom. The van der Waals surface area contributed by atoms with Gasteiger partial charge in [0.2, 0.25) is 0 Å². The Balaban J connectivity index is 1.37. The summed E-state index contributed by atoms with van der Waals surface area (Å²) in [6, 6.07) is 38.1. The molecule has 5 aromatic carbocycles. The number of fused-ring (bicyclic) bond motifs is 4. The lowest BCUT2D eigenvalue weighted by atomic mass is 9.66. The second-order valence-corrected chi connectivity index (χ2v) is 13.5. The number of para-hydroxylation sites is 3. The van der Waals surface area contributed by atoms with E-state index < -0.39 is 0 Å². The summed E-state index contributed by atoms with van der Waals surface area (Å²) in [5, 5.41) is 0. The van der Waals surface area contributed by atoms with Crippen LogP contribution in [0.5, 0.6) is 0 Å². The first-order valence-electron chi connectivity index (χ1n) is 16.0. The normalized spacial score (nSPS) is 16.7. The predicted molar refractivity (Wildman–Crippen MR) is 186 cm³/mol. The van der Waals surface area contributed by atoms with E-state index in [1.807, 2.05) is 12.1 Å². The van der Waals surface area contributed by atoms with Crippen molar-refractivity contribution in [3.05, 3.63) is 161 Å². The van der Waals surface area contributed by atoms with Crippen molar-refractivity contribution in [2.45, 2.75) is 51.4 Å². The van der Waals surface area contributed by atoms with Gasteiger partial charge in [0.05, 0.1) is 22.7 Å². The standard InChI is InChI=1S/C42H37FN2/c1-41(2)33-16-9-11-20-38(33)45-39-26-25-31(27-36(39)42(3,4)35-18-12-17-34(41)40(35)45)44(30-23-21-29(43)22-24-30)37-19-10-8-15-32(37)28-13-6-5-7-14-28/h5-6,8-13,15-27H,7,14H2,1-4H3. The van der Waals surface area contributed by atoms with Crippen molar-refractivity contribution in [2.24, 2.45) is 0 Å². The summed E-state index contributed by atoms with van der Waals surface area (Å²) in [5.41, 5.74) is 14.3. The van der Waals surface area contributed by atoms with Crippen molar-refractivity contribution in [1.82, 2.24) is 0 Å². The van der Waals surface area contributed by atoms with E-state index in [1.54, 1.807) is 12.1 Å². The molecule has 8 rings (SSSR count). The summed E-state index contributed by atoms with van der Waals surface area (Å²) >= 11 is 0. The molecular weight excluding hydrogens is 551 g/mol. The van der Waals surface area contributed by atoms with E-state index in [2.05, 4.69) is 141 Å². The number of allylic oxidation sites excluding steroid dienone is 4. The van der Waals surface area contributed by atoms with E-state index in [4.69, 9.17) is 0 Å². The first kappa shape index (κ1) is 27.6. The molecule has 0 fully saturated rings. The van der Waals surface area contributed by atoms with Gasteiger partial charge in [-0.25, -0.2) is 4.39 Å². The Bertz CT molecular complexity index is 2030. The molecule has 0 atom stereocenters. The van der Waals surface area contributed by atoms with Crippen LogP contribution in [0.3, 0.4) is 0 Å².